The maximum Gasteiger partial charge on any atom is 0.0606 e. The Labute approximate surface area is 124 Å². The van der Waals surface area contributed by atoms with Gasteiger partial charge >= 0.3 is 0 Å². The number of hydrogen-bond acceptors (Lipinski definition) is 3. The fourth-order valence-electron chi connectivity index (χ4n) is 2.19. The van der Waals surface area contributed by atoms with E-state index in [0.29, 0.717) is 12.1 Å². The summed E-state index contributed by atoms with van der Waals surface area (Å²) < 4.78 is 1.14. The van der Waals surface area contributed by atoms with Gasteiger partial charge in [0.2, 0.25) is 0 Å². The summed E-state index contributed by atoms with van der Waals surface area (Å²) in [6.07, 6.45) is 2.49. The highest BCUT2D eigenvalue weighted by molar-refractivity contribution is 9.10. The van der Waals surface area contributed by atoms with Gasteiger partial charge in [-0.15, -0.1) is 0 Å². The summed E-state index contributed by atoms with van der Waals surface area (Å²) in [4.78, 5) is 2.31. The molecule has 106 valence electrons. The van der Waals surface area contributed by atoms with E-state index in [-0.39, 0.29) is 6.61 Å². The maximum absolute atomic E-state index is 9.18. The van der Waals surface area contributed by atoms with E-state index in [2.05, 4.69) is 58.2 Å². The van der Waals surface area contributed by atoms with E-state index in [0.717, 1.165) is 17.6 Å². The predicted octanol–water partition coefficient (Wildman–Crippen LogP) is 2.91. The Bertz CT molecular complexity index is 419. The smallest absolute Gasteiger partial charge is 0.0606 e. The van der Waals surface area contributed by atoms with Gasteiger partial charge in [-0.3, -0.25) is 0 Å². The molecule has 0 amide bonds. The van der Waals surface area contributed by atoms with Gasteiger partial charge in [0, 0.05) is 35.3 Å². The van der Waals surface area contributed by atoms with Crippen LogP contribution in [0.25, 0.3) is 0 Å². The van der Waals surface area contributed by atoms with Crippen molar-refractivity contribution >= 4 is 21.6 Å². The zero-order chi connectivity index (χ0) is 13.8. The molecule has 0 atom stereocenters. The van der Waals surface area contributed by atoms with Gasteiger partial charge in [-0.1, -0.05) is 35.8 Å². The van der Waals surface area contributed by atoms with Gasteiger partial charge < -0.3 is 15.3 Å². The second kappa shape index (κ2) is 6.73. The Balaban J connectivity index is 2.08. The molecule has 0 spiro atoms. The van der Waals surface area contributed by atoms with Gasteiger partial charge in [-0.2, -0.15) is 0 Å². The van der Waals surface area contributed by atoms with E-state index < -0.39 is 0 Å². The molecule has 0 saturated heterocycles. The summed E-state index contributed by atoms with van der Waals surface area (Å²) in [6, 6.07) is 7.62. The van der Waals surface area contributed by atoms with Crippen LogP contribution in [0.3, 0.4) is 0 Å². The normalized spacial score (nSPS) is 15.0. The molecule has 2 rings (SSSR count). The number of nitrogens with zero attached hydrogens (tertiary/aromatic N) is 1. The number of aliphatic hydroxyl groups excluding tert-OH is 1. The lowest BCUT2D eigenvalue weighted by atomic mass is 10.2. The molecule has 1 saturated carbocycles. The van der Waals surface area contributed by atoms with E-state index >= 15 is 0 Å². The van der Waals surface area contributed by atoms with Crippen molar-refractivity contribution in [1.29, 1.82) is 0 Å². The number of benzene rings is 1. The van der Waals surface area contributed by atoms with E-state index in [4.69, 9.17) is 0 Å². The number of halogens is 1. The van der Waals surface area contributed by atoms with Gasteiger partial charge in [-0.05, 0) is 30.5 Å². The Hall–Kier alpha value is -0.580. The molecule has 0 radical (unpaired) electrons. The van der Waals surface area contributed by atoms with Crippen LogP contribution in [0.4, 0.5) is 5.69 Å². The van der Waals surface area contributed by atoms with Crippen molar-refractivity contribution in [3.05, 3.63) is 28.2 Å². The lowest BCUT2D eigenvalue weighted by Crippen LogP contribution is -2.29. The Morgan fingerprint density at radius 1 is 1.42 bits per heavy atom. The molecule has 0 heterocycles. The minimum Gasteiger partial charge on any atom is -0.395 e. The Morgan fingerprint density at radius 2 is 2.16 bits per heavy atom. The standard InChI is InChI=1S/C15H23BrN2O/c1-11(2)17-10-12-3-4-14(9-15(12)16)18(7-8-19)13-5-6-13/h3-4,9,11,13,17,19H,5-8,10H2,1-2H3. The summed E-state index contributed by atoms with van der Waals surface area (Å²) in [5.74, 6) is 0. The molecule has 1 fully saturated rings. The van der Waals surface area contributed by atoms with Crippen LogP contribution in [0.2, 0.25) is 0 Å². The first kappa shape index (κ1) is 14.8. The van der Waals surface area contributed by atoms with Crippen LogP contribution in [0.5, 0.6) is 0 Å². The van der Waals surface area contributed by atoms with E-state index in [9.17, 15) is 5.11 Å². The lowest BCUT2D eigenvalue weighted by molar-refractivity contribution is 0.301. The number of aliphatic hydroxyl groups is 1. The highest BCUT2D eigenvalue weighted by atomic mass is 79.9. The number of anilines is 1. The molecule has 1 aromatic carbocycles. The zero-order valence-electron chi connectivity index (χ0n) is 11.7. The monoisotopic (exact) mass is 326 g/mol. The number of nitrogens with one attached hydrogen (secondary N) is 1. The van der Waals surface area contributed by atoms with Crippen LogP contribution < -0.4 is 10.2 Å². The average Bonchev–Trinajstić information content (AvgIpc) is 3.18. The third-order valence-corrected chi connectivity index (χ3v) is 4.14. The minimum absolute atomic E-state index is 0.213. The fraction of sp³-hybridized carbons (Fsp3) is 0.600. The first-order valence-electron chi connectivity index (χ1n) is 7.01. The number of hydrogen-bond donors (Lipinski definition) is 2. The lowest BCUT2D eigenvalue weighted by Gasteiger charge is -2.24. The summed E-state index contributed by atoms with van der Waals surface area (Å²) in [7, 11) is 0. The Morgan fingerprint density at radius 3 is 2.68 bits per heavy atom. The van der Waals surface area contributed by atoms with Crippen molar-refractivity contribution in [3.63, 3.8) is 0 Å². The van der Waals surface area contributed by atoms with Crippen molar-refractivity contribution in [2.75, 3.05) is 18.1 Å². The van der Waals surface area contributed by atoms with Gasteiger partial charge in [0.25, 0.3) is 0 Å². The fourth-order valence-corrected chi connectivity index (χ4v) is 2.70. The van der Waals surface area contributed by atoms with Gasteiger partial charge in [-0.25, -0.2) is 0 Å². The molecule has 4 heteroatoms. The van der Waals surface area contributed by atoms with Crippen molar-refractivity contribution < 1.29 is 5.11 Å². The van der Waals surface area contributed by atoms with Crippen LogP contribution in [-0.2, 0) is 6.54 Å². The summed E-state index contributed by atoms with van der Waals surface area (Å²) in [5.41, 5.74) is 2.48. The highest BCUT2D eigenvalue weighted by Crippen LogP contribution is 2.33. The molecule has 1 aromatic rings. The highest BCUT2D eigenvalue weighted by Gasteiger charge is 2.28. The molecule has 0 aliphatic heterocycles. The van der Waals surface area contributed by atoms with Crippen molar-refractivity contribution in [3.8, 4) is 0 Å². The van der Waals surface area contributed by atoms with E-state index in [1.807, 2.05) is 0 Å². The largest absolute Gasteiger partial charge is 0.395 e. The molecule has 1 aliphatic rings. The average molecular weight is 327 g/mol. The topological polar surface area (TPSA) is 35.5 Å². The zero-order valence-corrected chi connectivity index (χ0v) is 13.3. The summed E-state index contributed by atoms with van der Waals surface area (Å²) in [6.45, 7) is 6.12. The van der Waals surface area contributed by atoms with Crippen molar-refractivity contribution in [1.82, 2.24) is 5.32 Å². The van der Waals surface area contributed by atoms with Crippen LogP contribution in [0.15, 0.2) is 22.7 Å². The van der Waals surface area contributed by atoms with Crippen LogP contribution in [-0.4, -0.2) is 30.3 Å². The third kappa shape index (κ3) is 4.20. The molecular weight excluding hydrogens is 304 g/mol. The maximum atomic E-state index is 9.18. The summed E-state index contributed by atoms with van der Waals surface area (Å²) >= 11 is 3.66. The molecular formula is C15H23BrN2O. The molecule has 19 heavy (non-hydrogen) atoms. The van der Waals surface area contributed by atoms with E-state index in [1.54, 1.807) is 0 Å². The van der Waals surface area contributed by atoms with Gasteiger partial charge in [0.15, 0.2) is 0 Å². The first-order chi connectivity index (χ1) is 9.11. The SMILES string of the molecule is CC(C)NCc1ccc(N(CCO)C2CC2)cc1Br. The quantitative estimate of drug-likeness (QED) is 0.808. The van der Waals surface area contributed by atoms with E-state index in [1.165, 1.54) is 24.1 Å². The molecule has 2 N–H and O–H groups in total. The van der Waals surface area contributed by atoms with Crippen LogP contribution >= 0.6 is 15.9 Å². The predicted molar refractivity (Wildman–Crippen MR) is 83.6 cm³/mol. The number of rotatable bonds is 7. The van der Waals surface area contributed by atoms with Crippen molar-refractivity contribution in [2.24, 2.45) is 0 Å². The summed E-state index contributed by atoms with van der Waals surface area (Å²) in [5, 5.41) is 12.6. The second-order valence-corrected chi connectivity index (χ2v) is 6.31. The first-order valence-corrected chi connectivity index (χ1v) is 7.80. The van der Waals surface area contributed by atoms with Crippen LogP contribution in [0, 0.1) is 0 Å². The van der Waals surface area contributed by atoms with Gasteiger partial charge in [0.1, 0.15) is 0 Å². The van der Waals surface area contributed by atoms with Gasteiger partial charge in [0.05, 0.1) is 6.61 Å². The molecule has 0 aromatic heterocycles. The van der Waals surface area contributed by atoms with Crippen molar-refractivity contribution in [2.45, 2.75) is 45.3 Å². The molecule has 1 aliphatic carbocycles. The minimum atomic E-state index is 0.213. The Kier molecular flexibility index (Phi) is 5.25. The molecule has 0 bridgehead atoms. The van der Waals surface area contributed by atoms with Crippen LogP contribution in [0.1, 0.15) is 32.3 Å². The second-order valence-electron chi connectivity index (χ2n) is 5.46. The third-order valence-electron chi connectivity index (χ3n) is 3.40. The molecule has 0 unspecified atom stereocenters. The molecule has 3 nitrogen and oxygen atoms in total.